The minimum atomic E-state index is -0.410. The van der Waals surface area contributed by atoms with E-state index < -0.39 is 11.8 Å². The number of ether oxygens (including phenoxy) is 2. The van der Waals surface area contributed by atoms with Crippen LogP contribution in [-0.4, -0.2) is 34.9 Å². The molecule has 0 radical (unpaired) electrons. The second kappa shape index (κ2) is 9.56. The third-order valence-corrected chi connectivity index (χ3v) is 5.10. The van der Waals surface area contributed by atoms with Crippen LogP contribution in [0.5, 0.6) is 11.5 Å². The molecular weight excluding hydrogens is 418 g/mol. The molecule has 0 aliphatic carbocycles. The van der Waals surface area contributed by atoms with Crippen molar-refractivity contribution in [2.75, 3.05) is 12.4 Å². The van der Waals surface area contributed by atoms with Crippen molar-refractivity contribution in [3.63, 3.8) is 0 Å². The van der Waals surface area contributed by atoms with Gasteiger partial charge in [0.15, 0.2) is 0 Å². The van der Waals surface area contributed by atoms with E-state index in [-0.39, 0.29) is 23.9 Å². The molecule has 0 fully saturated rings. The quantitative estimate of drug-likeness (QED) is 0.524. The van der Waals surface area contributed by atoms with Crippen LogP contribution in [0, 0.1) is 0 Å². The maximum Gasteiger partial charge on any atom is 0.278 e. The van der Waals surface area contributed by atoms with Gasteiger partial charge in [-0.1, -0.05) is 24.3 Å². The van der Waals surface area contributed by atoms with Crippen molar-refractivity contribution in [3.05, 3.63) is 89.9 Å². The molecule has 0 bridgehead atoms. The van der Waals surface area contributed by atoms with Gasteiger partial charge in [-0.15, -0.1) is 0 Å². The maximum absolute atomic E-state index is 13.5. The van der Waals surface area contributed by atoms with E-state index >= 15 is 0 Å². The molecule has 7 heteroatoms. The van der Waals surface area contributed by atoms with Gasteiger partial charge in [-0.25, -0.2) is 0 Å². The third kappa shape index (κ3) is 4.72. The summed E-state index contributed by atoms with van der Waals surface area (Å²) >= 11 is 0. The molecule has 0 saturated carbocycles. The number of para-hydroxylation sites is 1. The SMILES string of the molecule is COc1ccccc1C1=C(Nc2ccc(OC(C)C)cc2)C(=O)N(Cc2cccnc2)C1=O. The molecule has 33 heavy (non-hydrogen) atoms. The Bertz CT molecular complexity index is 1190. The Hall–Kier alpha value is -4.13. The molecule has 3 aromatic rings. The summed E-state index contributed by atoms with van der Waals surface area (Å²) in [5, 5.41) is 3.16. The Morgan fingerprint density at radius 1 is 0.970 bits per heavy atom. The fourth-order valence-electron chi connectivity index (χ4n) is 3.64. The molecule has 4 rings (SSSR count). The van der Waals surface area contributed by atoms with Crippen molar-refractivity contribution >= 4 is 23.1 Å². The largest absolute Gasteiger partial charge is 0.496 e. The van der Waals surface area contributed by atoms with Crippen molar-refractivity contribution in [3.8, 4) is 11.5 Å². The highest BCUT2D eigenvalue weighted by Crippen LogP contribution is 2.36. The maximum atomic E-state index is 13.5. The van der Waals surface area contributed by atoms with Crippen molar-refractivity contribution in [2.45, 2.75) is 26.5 Å². The summed E-state index contributed by atoms with van der Waals surface area (Å²) in [5.41, 5.74) is 2.44. The number of anilines is 1. The van der Waals surface area contributed by atoms with Gasteiger partial charge >= 0.3 is 0 Å². The minimum absolute atomic E-state index is 0.0544. The van der Waals surface area contributed by atoms with Crippen molar-refractivity contribution in [2.24, 2.45) is 0 Å². The lowest BCUT2D eigenvalue weighted by Gasteiger charge is -2.15. The Balaban J connectivity index is 1.72. The van der Waals surface area contributed by atoms with Gasteiger partial charge in [-0.2, -0.15) is 0 Å². The lowest BCUT2D eigenvalue weighted by Crippen LogP contribution is -2.32. The molecule has 1 aromatic heterocycles. The van der Waals surface area contributed by atoms with Gasteiger partial charge < -0.3 is 14.8 Å². The van der Waals surface area contributed by atoms with E-state index in [0.717, 1.165) is 11.3 Å². The average molecular weight is 444 g/mol. The van der Waals surface area contributed by atoms with Crippen LogP contribution in [0.3, 0.4) is 0 Å². The number of nitrogens with one attached hydrogen (secondary N) is 1. The highest BCUT2D eigenvalue weighted by molar-refractivity contribution is 6.36. The van der Waals surface area contributed by atoms with Gasteiger partial charge in [-0.3, -0.25) is 19.5 Å². The summed E-state index contributed by atoms with van der Waals surface area (Å²) in [5.74, 6) is 0.432. The smallest absolute Gasteiger partial charge is 0.278 e. The zero-order valence-corrected chi connectivity index (χ0v) is 18.7. The fraction of sp³-hybridized carbons (Fsp3) is 0.192. The van der Waals surface area contributed by atoms with Gasteiger partial charge in [0.2, 0.25) is 0 Å². The Morgan fingerprint density at radius 3 is 2.39 bits per heavy atom. The molecule has 2 aromatic carbocycles. The van der Waals surface area contributed by atoms with Gasteiger partial charge in [0, 0.05) is 23.6 Å². The molecule has 2 heterocycles. The second-order valence-corrected chi connectivity index (χ2v) is 7.82. The van der Waals surface area contributed by atoms with Crippen LogP contribution in [0.4, 0.5) is 5.69 Å². The molecule has 0 spiro atoms. The first kappa shape index (κ1) is 22.1. The average Bonchev–Trinajstić information content (AvgIpc) is 3.04. The minimum Gasteiger partial charge on any atom is -0.496 e. The highest BCUT2D eigenvalue weighted by Gasteiger charge is 2.40. The van der Waals surface area contributed by atoms with Crippen LogP contribution in [0.1, 0.15) is 25.0 Å². The number of carbonyl (C=O) groups is 2. The number of hydrogen-bond donors (Lipinski definition) is 1. The van der Waals surface area contributed by atoms with Crippen LogP contribution in [-0.2, 0) is 16.1 Å². The third-order valence-electron chi connectivity index (χ3n) is 5.10. The monoisotopic (exact) mass is 443 g/mol. The number of aromatic nitrogens is 1. The van der Waals surface area contributed by atoms with E-state index in [1.54, 1.807) is 30.6 Å². The van der Waals surface area contributed by atoms with Gasteiger partial charge in [-0.05, 0) is 55.8 Å². The van der Waals surface area contributed by atoms with E-state index in [1.165, 1.54) is 12.0 Å². The Labute approximate surface area is 192 Å². The first-order valence-electron chi connectivity index (χ1n) is 10.6. The summed E-state index contributed by atoms with van der Waals surface area (Å²) in [6.45, 7) is 4.03. The number of rotatable bonds is 8. The van der Waals surface area contributed by atoms with Gasteiger partial charge in [0.1, 0.15) is 17.2 Å². The number of carbonyl (C=O) groups excluding carboxylic acids is 2. The summed E-state index contributed by atoms with van der Waals surface area (Å²) in [4.78, 5) is 32.2. The number of benzene rings is 2. The fourth-order valence-corrected chi connectivity index (χ4v) is 3.64. The highest BCUT2D eigenvalue weighted by atomic mass is 16.5. The Morgan fingerprint density at radius 2 is 1.73 bits per heavy atom. The van der Waals surface area contributed by atoms with Gasteiger partial charge in [0.25, 0.3) is 11.8 Å². The summed E-state index contributed by atoms with van der Waals surface area (Å²) in [6.07, 6.45) is 3.34. The zero-order valence-electron chi connectivity index (χ0n) is 18.7. The second-order valence-electron chi connectivity index (χ2n) is 7.82. The molecule has 1 aliphatic heterocycles. The van der Waals surface area contributed by atoms with E-state index in [2.05, 4.69) is 10.3 Å². The number of nitrogens with zero attached hydrogens (tertiary/aromatic N) is 2. The van der Waals surface area contributed by atoms with E-state index in [1.807, 2.05) is 56.3 Å². The van der Waals surface area contributed by atoms with Crippen LogP contribution in [0.2, 0.25) is 0 Å². The van der Waals surface area contributed by atoms with Crippen LogP contribution in [0.25, 0.3) is 5.57 Å². The first-order chi connectivity index (χ1) is 16.0. The topological polar surface area (TPSA) is 80.8 Å². The van der Waals surface area contributed by atoms with Crippen molar-refractivity contribution in [1.82, 2.24) is 9.88 Å². The number of pyridine rings is 1. The van der Waals surface area contributed by atoms with Gasteiger partial charge in [0.05, 0.1) is 25.3 Å². The summed E-state index contributed by atoms with van der Waals surface area (Å²) in [7, 11) is 1.54. The summed E-state index contributed by atoms with van der Waals surface area (Å²) in [6, 6.07) is 18.0. The number of methoxy groups -OCH3 is 1. The van der Waals surface area contributed by atoms with Crippen LogP contribution < -0.4 is 14.8 Å². The lowest BCUT2D eigenvalue weighted by molar-refractivity contribution is -0.137. The Kier molecular flexibility index (Phi) is 6.40. The zero-order chi connectivity index (χ0) is 23.4. The number of hydrogen-bond acceptors (Lipinski definition) is 6. The molecule has 0 atom stereocenters. The summed E-state index contributed by atoms with van der Waals surface area (Å²) < 4.78 is 11.2. The molecular formula is C26H25N3O4. The molecule has 1 N–H and O–H groups in total. The van der Waals surface area contributed by atoms with E-state index in [0.29, 0.717) is 17.0 Å². The standard InChI is InChI=1S/C26H25N3O4/c1-17(2)33-20-12-10-19(11-13-20)28-24-23(21-8-4-5-9-22(21)32-3)25(30)29(26(24)31)16-18-7-6-14-27-15-18/h4-15,17,28H,16H2,1-3H3. The predicted octanol–water partition coefficient (Wildman–Crippen LogP) is 4.27. The normalized spacial score (nSPS) is 13.6. The molecule has 1 aliphatic rings. The lowest BCUT2D eigenvalue weighted by atomic mass is 10.0. The van der Waals surface area contributed by atoms with Crippen LogP contribution >= 0.6 is 0 Å². The molecule has 2 amide bonds. The molecule has 168 valence electrons. The predicted molar refractivity (Wildman–Crippen MR) is 126 cm³/mol. The van der Waals surface area contributed by atoms with Crippen LogP contribution in [0.15, 0.2) is 78.8 Å². The van der Waals surface area contributed by atoms with E-state index in [4.69, 9.17) is 9.47 Å². The first-order valence-corrected chi connectivity index (χ1v) is 10.6. The van der Waals surface area contributed by atoms with Crippen molar-refractivity contribution < 1.29 is 19.1 Å². The number of imide groups is 1. The molecule has 0 saturated heterocycles. The molecule has 7 nitrogen and oxygen atoms in total. The van der Waals surface area contributed by atoms with E-state index in [9.17, 15) is 9.59 Å². The number of amides is 2. The van der Waals surface area contributed by atoms with Crippen molar-refractivity contribution in [1.29, 1.82) is 0 Å². The molecule has 0 unspecified atom stereocenters.